The molecule has 0 bridgehead atoms. The Morgan fingerprint density at radius 2 is 2.21 bits per heavy atom. The lowest BCUT2D eigenvalue weighted by atomic mass is 10.3. The number of rotatable bonds is 3. The topological polar surface area (TPSA) is 70.1 Å². The number of carbonyl (C=O) groups is 1. The van der Waals surface area contributed by atoms with E-state index in [1.165, 1.54) is 0 Å². The number of hydrogen-bond donors (Lipinski definition) is 1. The van der Waals surface area contributed by atoms with E-state index in [0.29, 0.717) is 30.2 Å². The largest absolute Gasteiger partial charge is 0.461 e. The van der Waals surface area contributed by atoms with Gasteiger partial charge in [0.1, 0.15) is 0 Å². The third-order valence-corrected chi connectivity index (χ3v) is 1.94. The van der Waals surface area contributed by atoms with Crippen LogP contribution in [0.25, 0.3) is 0 Å². The van der Waals surface area contributed by atoms with E-state index in [1.807, 2.05) is 6.92 Å². The fourth-order valence-corrected chi connectivity index (χ4v) is 1.24. The van der Waals surface area contributed by atoms with Crippen molar-refractivity contribution < 1.29 is 9.53 Å². The number of esters is 1. The summed E-state index contributed by atoms with van der Waals surface area (Å²) in [4.78, 5) is 11.5. The standard InChI is InChI=1S/C9H15N3O2/c1-4-12-8(9(13)14-5-2)7(10)6(3)11-12/h4-5,10H2,1-3H3. The maximum Gasteiger partial charge on any atom is 0.358 e. The van der Waals surface area contributed by atoms with Gasteiger partial charge >= 0.3 is 5.97 Å². The van der Waals surface area contributed by atoms with Crippen molar-refractivity contribution in [2.45, 2.75) is 27.3 Å². The number of aryl methyl sites for hydroxylation is 2. The maximum absolute atomic E-state index is 11.5. The van der Waals surface area contributed by atoms with Crippen molar-refractivity contribution in [3.8, 4) is 0 Å². The smallest absolute Gasteiger partial charge is 0.358 e. The van der Waals surface area contributed by atoms with Crippen LogP contribution in [0, 0.1) is 6.92 Å². The van der Waals surface area contributed by atoms with E-state index in [0.717, 1.165) is 0 Å². The number of anilines is 1. The van der Waals surface area contributed by atoms with E-state index in [4.69, 9.17) is 10.5 Å². The highest BCUT2D eigenvalue weighted by atomic mass is 16.5. The Hall–Kier alpha value is -1.52. The minimum Gasteiger partial charge on any atom is -0.461 e. The lowest BCUT2D eigenvalue weighted by molar-refractivity contribution is 0.0513. The van der Waals surface area contributed by atoms with Crippen molar-refractivity contribution in [2.75, 3.05) is 12.3 Å². The van der Waals surface area contributed by atoms with Crippen molar-refractivity contribution >= 4 is 11.7 Å². The average Bonchev–Trinajstić information content (AvgIpc) is 2.43. The SMILES string of the molecule is CCOC(=O)c1c(N)c(C)nn1CC. The Morgan fingerprint density at radius 1 is 1.57 bits per heavy atom. The molecule has 1 rings (SSSR count). The minimum atomic E-state index is -0.410. The molecule has 0 spiro atoms. The highest BCUT2D eigenvalue weighted by Gasteiger charge is 2.19. The molecule has 5 heteroatoms. The number of carbonyl (C=O) groups excluding carboxylic acids is 1. The lowest BCUT2D eigenvalue weighted by Gasteiger charge is -2.04. The molecule has 2 N–H and O–H groups in total. The average molecular weight is 197 g/mol. The molecule has 0 atom stereocenters. The quantitative estimate of drug-likeness (QED) is 0.733. The van der Waals surface area contributed by atoms with Crippen LogP contribution in [0.15, 0.2) is 0 Å². The molecule has 0 saturated heterocycles. The van der Waals surface area contributed by atoms with Gasteiger partial charge < -0.3 is 10.5 Å². The van der Waals surface area contributed by atoms with Crippen LogP contribution in [0.1, 0.15) is 30.0 Å². The molecule has 14 heavy (non-hydrogen) atoms. The molecule has 0 amide bonds. The van der Waals surface area contributed by atoms with E-state index in [-0.39, 0.29) is 0 Å². The van der Waals surface area contributed by atoms with Crippen molar-refractivity contribution in [3.05, 3.63) is 11.4 Å². The molecule has 78 valence electrons. The van der Waals surface area contributed by atoms with Crippen LogP contribution in [-0.2, 0) is 11.3 Å². The number of nitrogen functional groups attached to an aromatic ring is 1. The number of ether oxygens (including phenoxy) is 1. The Labute approximate surface area is 82.8 Å². The van der Waals surface area contributed by atoms with Crippen LogP contribution in [0.3, 0.4) is 0 Å². The summed E-state index contributed by atoms with van der Waals surface area (Å²) in [5.74, 6) is -0.410. The fraction of sp³-hybridized carbons (Fsp3) is 0.556. The predicted molar refractivity (Wildman–Crippen MR) is 53.0 cm³/mol. The van der Waals surface area contributed by atoms with Gasteiger partial charge in [0.15, 0.2) is 5.69 Å². The van der Waals surface area contributed by atoms with Crippen LogP contribution in [0.4, 0.5) is 5.69 Å². The molecule has 0 aliphatic heterocycles. The summed E-state index contributed by atoms with van der Waals surface area (Å²) in [6, 6.07) is 0. The van der Waals surface area contributed by atoms with Crippen LogP contribution >= 0.6 is 0 Å². The van der Waals surface area contributed by atoms with E-state index in [1.54, 1.807) is 18.5 Å². The zero-order valence-electron chi connectivity index (χ0n) is 8.70. The second-order valence-corrected chi connectivity index (χ2v) is 2.88. The molecule has 1 aromatic rings. The van der Waals surface area contributed by atoms with Gasteiger partial charge in [-0.1, -0.05) is 0 Å². The highest BCUT2D eigenvalue weighted by molar-refractivity contribution is 5.93. The summed E-state index contributed by atoms with van der Waals surface area (Å²) in [6.45, 7) is 6.37. The first-order valence-corrected chi connectivity index (χ1v) is 4.61. The molecule has 0 radical (unpaired) electrons. The second-order valence-electron chi connectivity index (χ2n) is 2.88. The second kappa shape index (κ2) is 4.13. The number of nitrogens with zero attached hydrogens (tertiary/aromatic N) is 2. The van der Waals surface area contributed by atoms with Gasteiger partial charge in [0.2, 0.25) is 0 Å². The van der Waals surface area contributed by atoms with Gasteiger partial charge in [-0.15, -0.1) is 0 Å². The van der Waals surface area contributed by atoms with Crippen molar-refractivity contribution in [3.63, 3.8) is 0 Å². The lowest BCUT2D eigenvalue weighted by Crippen LogP contribution is -2.14. The van der Waals surface area contributed by atoms with Gasteiger partial charge in [0.05, 0.1) is 18.0 Å². The van der Waals surface area contributed by atoms with Gasteiger partial charge in [-0.2, -0.15) is 5.10 Å². The fourth-order valence-electron chi connectivity index (χ4n) is 1.24. The van der Waals surface area contributed by atoms with Crippen molar-refractivity contribution in [2.24, 2.45) is 0 Å². The number of nitrogens with two attached hydrogens (primary N) is 1. The summed E-state index contributed by atoms with van der Waals surface area (Å²) in [5.41, 5.74) is 7.15. The van der Waals surface area contributed by atoms with E-state index in [2.05, 4.69) is 5.10 Å². The van der Waals surface area contributed by atoms with Crippen LogP contribution in [0.2, 0.25) is 0 Å². The first kappa shape index (κ1) is 10.6. The Bertz CT molecular complexity index is 344. The monoisotopic (exact) mass is 197 g/mol. The molecular weight excluding hydrogens is 182 g/mol. The van der Waals surface area contributed by atoms with Crippen molar-refractivity contribution in [1.29, 1.82) is 0 Å². The molecule has 0 fully saturated rings. The first-order chi connectivity index (χ1) is 6.61. The van der Waals surface area contributed by atoms with Gasteiger partial charge in [0, 0.05) is 6.54 Å². The third kappa shape index (κ3) is 1.71. The number of hydrogen-bond acceptors (Lipinski definition) is 4. The zero-order valence-corrected chi connectivity index (χ0v) is 8.70. The Balaban J connectivity index is 3.10. The highest BCUT2D eigenvalue weighted by Crippen LogP contribution is 2.17. The Morgan fingerprint density at radius 3 is 2.71 bits per heavy atom. The molecule has 0 unspecified atom stereocenters. The van der Waals surface area contributed by atoms with Crippen LogP contribution in [0.5, 0.6) is 0 Å². The van der Waals surface area contributed by atoms with Gasteiger partial charge in [-0.3, -0.25) is 4.68 Å². The summed E-state index contributed by atoms with van der Waals surface area (Å²) in [6.07, 6.45) is 0. The van der Waals surface area contributed by atoms with Gasteiger partial charge in [0.25, 0.3) is 0 Å². The maximum atomic E-state index is 11.5. The summed E-state index contributed by atoms with van der Waals surface area (Å²) in [7, 11) is 0. The molecule has 0 saturated carbocycles. The zero-order chi connectivity index (χ0) is 10.7. The molecule has 0 aliphatic rings. The third-order valence-electron chi connectivity index (χ3n) is 1.94. The van der Waals surface area contributed by atoms with E-state index < -0.39 is 5.97 Å². The Kier molecular flexibility index (Phi) is 3.11. The molecule has 0 aromatic carbocycles. The number of aromatic nitrogens is 2. The van der Waals surface area contributed by atoms with Crippen LogP contribution in [-0.4, -0.2) is 22.4 Å². The molecule has 0 aliphatic carbocycles. The summed E-state index contributed by atoms with van der Waals surface area (Å²) < 4.78 is 6.44. The van der Waals surface area contributed by atoms with Crippen LogP contribution < -0.4 is 5.73 Å². The summed E-state index contributed by atoms with van der Waals surface area (Å²) >= 11 is 0. The van der Waals surface area contributed by atoms with E-state index >= 15 is 0 Å². The summed E-state index contributed by atoms with van der Waals surface area (Å²) in [5, 5.41) is 4.12. The molecular formula is C9H15N3O2. The first-order valence-electron chi connectivity index (χ1n) is 4.61. The van der Waals surface area contributed by atoms with Gasteiger partial charge in [-0.05, 0) is 20.8 Å². The molecule has 1 heterocycles. The minimum absolute atomic E-state index is 0.339. The normalized spacial score (nSPS) is 10.2. The van der Waals surface area contributed by atoms with E-state index in [9.17, 15) is 4.79 Å². The van der Waals surface area contributed by atoms with Gasteiger partial charge in [-0.25, -0.2) is 4.79 Å². The molecule has 5 nitrogen and oxygen atoms in total. The molecule has 1 aromatic heterocycles. The predicted octanol–water partition coefficient (Wildman–Crippen LogP) is 0.970. The van der Waals surface area contributed by atoms with Crippen molar-refractivity contribution in [1.82, 2.24) is 9.78 Å².